The Morgan fingerprint density at radius 2 is 1.89 bits per heavy atom. The Kier molecular flexibility index (Phi) is 5.39. The number of halogens is 2. The molecule has 0 N–H and O–H groups in total. The predicted molar refractivity (Wildman–Crippen MR) is 83.0 cm³/mol. The summed E-state index contributed by atoms with van der Waals surface area (Å²) in [6.07, 6.45) is 7.12. The molecule has 0 saturated carbocycles. The van der Waals surface area contributed by atoms with Crippen molar-refractivity contribution in [3.05, 3.63) is 64.4 Å². The molecule has 94 valence electrons. The number of aryl methyl sites for hydroxylation is 1. The second-order valence-corrected chi connectivity index (χ2v) is 6.30. The lowest BCUT2D eigenvalue weighted by Crippen LogP contribution is -1.93. The van der Waals surface area contributed by atoms with Gasteiger partial charge in [0.15, 0.2) is 0 Å². The molecule has 0 aliphatic heterocycles. The van der Waals surface area contributed by atoms with Gasteiger partial charge in [0.05, 0.1) is 0 Å². The predicted octanol–water partition coefficient (Wildman–Crippen LogP) is 5.30. The Hall–Kier alpha value is -0.670. The van der Waals surface area contributed by atoms with Gasteiger partial charge in [-0.3, -0.25) is 4.98 Å². The second kappa shape index (κ2) is 7.05. The molecular weight excluding hydrogens is 354 g/mol. The van der Waals surface area contributed by atoms with Gasteiger partial charge in [-0.25, -0.2) is 0 Å². The maximum absolute atomic E-state index is 4.18. The van der Waals surface area contributed by atoms with Crippen LogP contribution in [-0.2, 0) is 6.42 Å². The Bertz CT molecular complexity index is 485. The molecule has 0 bridgehead atoms. The zero-order valence-electron chi connectivity index (χ0n) is 10.0. The largest absolute Gasteiger partial charge is 0.263 e. The van der Waals surface area contributed by atoms with Gasteiger partial charge in [-0.2, -0.15) is 0 Å². The highest BCUT2D eigenvalue weighted by molar-refractivity contribution is 9.10. The number of hydrogen-bond donors (Lipinski definition) is 0. The molecule has 0 saturated heterocycles. The SMILES string of the molecule is Brc1cncc(CCCC(Br)c2ccccc2)c1. The Morgan fingerprint density at radius 3 is 2.61 bits per heavy atom. The highest BCUT2D eigenvalue weighted by atomic mass is 79.9. The van der Waals surface area contributed by atoms with Crippen molar-refractivity contribution in [2.45, 2.75) is 24.1 Å². The van der Waals surface area contributed by atoms with Gasteiger partial charge in [0.25, 0.3) is 0 Å². The lowest BCUT2D eigenvalue weighted by atomic mass is 10.0. The molecule has 1 nitrogen and oxygen atoms in total. The lowest BCUT2D eigenvalue weighted by Gasteiger charge is -2.09. The van der Waals surface area contributed by atoms with Crippen LogP contribution in [0.4, 0.5) is 0 Å². The minimum absolute atomic E-state index is 0.443. The van der Waals surface area contributed by atoms with Crippen LogP contribution in [0.2, 0.25) is 0 Å². The number of aromatic nitrogens is 1. The number of pyridine rings is 1. The third kappa shape index (κ3) is 4.21. The topological polar surface area (TPSA) is 12.9 Å². The van der Waals surface area contributed by atoms with E-state index in [-0.39, 0.29) is 0 Å². The maximum Gasteiger partial charge on any atom is 0.0410 e. The van der Waals surface area contributed by atoms with Gasteiger partial charge < -0.3 is 0 Å². The number of benzene rings is 1. The standard InChI is InChI=1S/C15H15Br2N/c16-14-9-12(10-18-11-14)5-4-8-15(17)13-6-2-1-3-7-13/h1-3,6-7,9-11,15H,4-5,8H2. The van der Waals surface area contributed by atoms with Gasteiger partial charge in [0.2, 0.25) is 0 Å². The van der Waals surface area contributed by atoms with Crippen LogP contribution in [0.5, 0.6) is 0 Å². The molecule has 0 radical (unpaired) electrons. The van der Waals surface area contributed by atoms with Crippen LogP contribution in [-0.4, -0.2) is 4.98 Å². The molecule has 1 heterocycles. The monoisotopic (exact) mass is 367 g/mol. The fraction of sp³-hybridized carbons (Fsp3) is 0.267. The van der Waals surface area contributed by atoms with E-state index in [2.05, 4.69) is 73.2 Å². The molecule has 0 aliphatic carbocycles. The van der Waals surface area contributed by atoms with E-state index in [0.29, 0.717) is 4.83 Å². The van der Waals surface area contributed by atoms with Crippen molar-refractivity contribution in [2.24, 2.45) is 0 Å². The van der Waals surface area contributed by atoms with Gasteiger partial charge in [-0.15, -0.1) is 0 Å². The Labute approximate surface area is 125 Å². The summed E-state index contributed by atoms with van der Waals surface area (Å²) in [5.41, 5.74) is 2.64. The molecule has 0 aliphatic rings. The van der Waals surface area contributed by atoms with E-state index in [9.17, 15) is 0 Å². The summed E-state index contributed by atoms with van der Waals surface area (Å²) in [6.45, 7) is 0. The molecule has 1 atom stereocenters. The van der Waals surface area contributed by atoms with Crippen molar-refractivity contribution in [2.75, 3.05) is 0 Å². The van der Waals surface area contributed by atoms with Crippen LogP contribution >= 0.6 is 31.9 Å². The van der Waals surface area contributed by atoms with Gasteiger partial charge >= 0.3 is 0 Å². The van der Waals surface area contributed by atoms with Gasteiger partial charge in [-0.1, -0.05) is 46.3 Å². The van der Waals surface area contributed by atoms with E-state index >= 15 is 0 Å². The zero-order chi connectivity index (χ0) is 12.8. The molecule has 0 spiro atoms. The molecule has 18 heavy (non-hydrogen) atoms. The van der Waals surface area contributed by atoms with Crippen molar-refractivity contribution >= 4 is 31.9 Å². The molecule has 2 rings (SSSR count). The van der Waals surface area contributed by atoms with Crippen LogP contribution in [0.3, 0.4) is 0 Å². The third-order valence-corrected chi connectivity index (χ3v) is 4.27. The van der Waals surface area contributed by atoms with Crippen LogP contribution in [0.15, 0.2) is 53.3 Å². The molecule has 1 aromatic heterocycles. The van der Waals surface area contributed by atoms with E-state index in [1.807, 2.05) is 12.4 Å². The van der Waals surface area contributed by atoms with Crippen LogP contribution in [0.25, 0.3) is 0 Å². The van der Waals surface area contributed by atoms with Gasteiger partial charge in [0, 0.05) is 21.7 Å². The molecule has 3 heteroatoms. The van der Waals surface area contributed by atoms with E-state index < -0.39 is 0 Å². The first-order chi connectivity index (χ1) is 8.75. The van der Waals surface area contributed by atoms with Gasteiger partial charge in [-0.05, 0) is 52.4 Å². The molecule has 1 unspecified atom stereocenters. The molecule has 0 amide bonds. The first kappa shape index (κ1) is 13.8. The van der Waals surface area contributed by atoms with E-state index in [1.54, 1.807) is 0 Å². The first-order valence-electron chi connectivity index (χ1n) is 6.04. The summed E-state index contributed by atoms with van der Waals surface area (Å²) < 4.78 is 1.05. The average molecular weight is 369 g/mol. The molecular formula is C15H15Br2N. The number of rotatable bonds is 5. The molecule has 2 aromatic rings. The van der Waals surface area contributed by atoms with Crippen LogP contribution in [0.1, 0.15) is 28.8 Å². The summed E-state index contributed by atoms with van der Waals surface area (Å²) in [5.74, 6) is 0. The van der Waals surface area contributed by atoms with Crippen LogP contribution in [0, 0.1) is 0 Å². The highest BCUT2D eigenvalue weighted by Crippen LogP contribution is 2.28. The van der Waals surface area contributed by atoms with Crippen molar-refractivity contribution in [3.8, 4) is 0 Å². The average Bonchev–Trinajstić information content (AvgIpc) is 2.40. The lowest BCUT2D eigenvalue weighted by molar-refractivity contribution is 0.727. The summed E-state index contributed by atoms with van der Waals surface area (Å²) in [7, 11) is 0. The van der Waals surface area contributed by atoms with Crippen molar-refractivity contribution in [3.63, 3.8) is 0 Å². The number of nitrogens with zero attached hydrogens (tertiary/aromatic N) is 1. The second-order valence-electron chi connectivity index (χ2n) is 4.28. The summed E-state index contributed by atoms with van der Waals surface area (Å²) >= 11 is 7.20. The minimum atomic E-state index is 0.443. The summed E-state index contributed by atoms with van der Waals surface area (Å²) in [4.78, 5) is 4.62. The minimum Gasteiger partial charge on any atom is -0.263 e. The number of hydrogen-bond acceptors (Lipinski definition) is 1. The van der Waals surface area contributed by atoms with Crippen molar-refractivity contribution in [1.82, 2.24) is 4.98 Å². The number of alkyl halides is 1. The fourth-order valence-corrected chi connectivity index (χ4v) is 2.95. The summed E-state index contributed by atoms with van der Waals surface area (Å²) in [6, 6.07) is 12.7. The third-order valence-electron chi connectivity index (χ3n) is 2.85. The first-order valence-corrected chi connectivity index (χ1v) is 7.75. The van der Waals surface area contributed by atoms with Crippen molar-refractivity contribution in [1.29, 1.82) is 0 Å². The van der Waals surface area contributed by atoms with Crippen LogP contribution < -0.4 is 0 Å². The van der Waals surface area contributed by atoms with Gasteiger partial charge in [0.1, 0.15) is 0 Å². The Morgan fingerprint density at radius 1 is 1.11 bits per heavy atom. The fourth-order valence-electron chi connectivity index (χ4n) is 1.91. The quantitative estimate of drug-likeness (QED) is 0.652. The maximum atomic E-state index is 4.18. The van der Waals surface area contributed by atoms with E-state index in [1.165, 1.54) is 11.1 Å². The smallest absolute Gasteiger partial charge is 0.0410 e. The molecule has 0 fully saturated rings. The normalized spacial score (nSPS) is 12.3. The summed E-state index contributed by atoms with van der Waals surface area (Å²) in [5, 5.41) is 0. The van der Waals surface area contributed by atoms with E-state index in [4.69, 9.17) is 0 Å². The zero-order valence-corrected chi connectivity index (χ0v) is 13.2. The molecule has 1 aromatic carbocycles. The highest BCUT2D eigenvalue weighted by Gasteiger charge is 2.06. The van der Waals surface area contributed by atoms with Crippen molar-refractivity contribution < 1.29 is 0 Å². The Balaban J connectivity index is 1.82. The van der Waals surface area contributed by atoms with E-state index in [0.717, 1.165) is 23.7 Å².